The number of hydrogen-bond acceptors (Lipinski definition) is 4. The van der Waals surface area contributed by atoms with Crippen molar-refractivity contribution in [2.24, 2.45) is 0 Å². The smallest absolute Gasteiger partial charge is 0.323 e. The summed E-state index contributed by atoms with van der Waals surface area (Å²) in [7, 11) is 0. The third-order valence-corrected chi connectivity index (χ3v) is 3.21. The fourth-order valence-corrected chi connectivity index (χ4v) is 2.26. The molecule has 21 heavy (non-hydrogen) atoms. The van der Waals surface area contributed by atoms with Gasteiger partial charge in [0.1, 0.15) is 17.0 Å². The topological polar surface area (TPSA) is 67.8 Å². The Labute approximate surface area is 126 Å². The molecule has 2 unspecified atom stereocenters. The second kappa shape index (κ2) is 7.88. The lowest BCUT2D eigenvalue weighted by Crippen LogP contribution is -2.51. The zero-order valence-corrected chi connectivity index (χ0v) is 13.2. The van der Waals surface area contributed by atoms with E-state index in [2.05, 4.69) is 5.32 Å². The lowest BCUT2D eigenvalue weighted by Gasteiger charge is -2.29. The monoisotopic (exact) mass is 295 g/mol. The van der Waals surface area contributed by atoms with Crippen LogP contribution in [0, 0.1) is 0 Å². The van der Waals surface area contributed by atoms with Crippen LogP contribution in [-0.2, 0) is 4.79 Å². The predicted octanol–water partition coefficient (Wildman–Crippen LogP) is 2.70. The Morgan fingerprint density at radius 2 is 1.86 bits per heavy atom. The van der Waals surface area contributed by atoms with E-state index in [1.807, 2.05) is 45.0 Å². The third-order valence-electron chi connectivity index (χ3n) is 3.21. The summed E-state index contributed by atoms with van der Waals surface area (Å²) in [6.45, 7) is 8.58. The van der Waals surface area contributed by atoms with Gasteiger partial charge < -0.3 is 19.9 Å². The number of rotatable bonds is 9. The molecule has 0 saturated heterocycles. The highest BCUT2D eigenvalue weighted by Gasteiger charge is 2.34. The van der Waals surface area contributed by atoms with Crippen LogP contribution < -0.4 is 14.8 Å². The highest BCUT2D eigenvalue weighted by Crippen LogP contribution is 2.21. The van der Waals surface area contributed by atoms with Crippen molar-refractivity contribution in [2.45, 2.75) is 45.8 Å². The molecule has 0 bridgehead atoms. The molecule has 5 nitrogen and oxygen atoms in total. The van der Waals surface area contributed by atoms with E-state index in [1.165, 1.54) is 0 Å². The summed E-state index contributed by atoms with van der Waals surface area (Å²) in [6, 6.07) is 7.33. The summed E-state index contributed by atoms with van der Waals surface area (Å²) >= 11 is 0. The van der Waals surface area contributed by atoms with Crippen LogP contribution in [0.1, 0.15) is 34.1 Å². The highest BCUT2D eigenvalue weighted by molar-refractivity contribution is 5.78. The molecular weight excluding hydrogens is 270 g/mol. The van der Waals surface area contributed by atoms with E-state index in [1.54, 1.807) is 6.92 Å². The molecule has 2 N–H and O–H groups in total. The normalized spacial score (nSPS) is 15.0. The molecule has 0 aliphatic heterocycles. The second-order valence-electron chi connectivity index (χ2n) is 5.20. The van der Waals surface area contributed by atoms with Crippen LogP contribution in [0.2, 0.25) is 0 Å². The zero-order chi connectivity index (χ0) is 15.9. The van der Waals surface area contributed by atoms with Gasteiger partial charge in [0.15, 0.2) is 0 Å². The van der Waals surface area contributed by atoms with Gasteiger partial charge in [-0.1, -0.05) is 6.92 Å². The molecule has 0 aromatic heterocycles. The Morgan fingerprint density at radius 3 is 2.33 bits per heavy atom. The summed E-state index contributed by atoms with van der Waals surface area (Å²) < 4.78 is 11.1. The molecule has 1 rings (SSSR count). The average Bonchev–Trinajstić information content (AvgIpc) is 2.41. The molecular formula is C16H25NO4. The van der Waals surface area contributed by atoms with Gasteiger partial charge in [-0.25, -0.2) is 0 Å². The maximum Gasteiger partial charge on any atom is 0.323 e. The van der Waals surface area contributed by atoms with Crippen LogP contribution in [0.25, 0.3) is 0 Å². The summed E-state index contributed by atoms with van der Waals surface area (Å²) in [6.07, 6.45) is 0.159. The van der Waals surface area contributed by atoms with Crippen molar-refractivity contribution < 1.29 is 19.4 Å². The molecule has 118 valence electrons. The first kappa shape index (κ1) is 17.3. The zero-order valence-electron chi connectivity index (χ0n) is 13.2. The third kappa shape index (κ3) is 5.27. The van der Waals surface area contributed by atoms with Crippen LogP contribution in [-0.4, -0.2) is 35.9 Å². The van der Waals surface area contributed by atoms with Crippen LogP contribution >= 0.6 is 0 Å². The molecule has 0 radical (unpaired) electrons. The molecule has 0 spiro atoms. The van der Waals surface area contributed by atoms with Crippen LogP contribution in [0.4, 0.5) is 0 Å². The Hall–Kier alpha value is -1.75. The van der Waals surface area contributed by atoms with Gasteiger partial charge in [0.05, 0.1) is 12.7 Å². The quantitative estimate of drug-likeness (QED) is 0.733. The molecule has 5 heteroatoms. The Bertz CT molecular complexity index is 446. The largest absolute Gasteiger partial charge is 0.494 e. The number of benzene rings is 1. The van der Waals surface area contributed by atoms with E-state index in [9.17, 15) is 9.90 Å². The number of carboxylic acid groups (broad SMARTS) is 1. The van der Waals surface area contributed by atoms with E-state index in [-0.39, 0.29) is 6.10 Å². The van der Waals surface area contributed by atoms with Crippen LogP contribution in [0.3, 0.4) is 0 Å². The molecule has 0 aliphatic rings. The molecule has 0 aliphatic carbocycles. The molecule has 0 heterocycles. The van der Waals surface area contributed by atoms with E-state index in [0.29, 0.717) is 25.3 Å². The minimum atomic E-state index is -0.987. The molecule has 0 fully saturated rings. The first-order valence-corrected chi connectivity index (χ1v) is 7.29. The fourth-order valence-electron chi connectivity index (χ4n) is 2.26. The van der Waals surface area contributed by atoms with E-state index in [4.69, 9.17) is 9.47 Å². The lowest BCUT2D eigenvalue weighted by molar-refractivity contribution is -0.145. The molecule has 1 aromatic carbocycles. The number of ether oxygens (including phenoxy) is 2. The number of carboxylic acids is 1. The minimum absolute atomic E-state index is 0.219. The number of carbonyl (C=O) groups is 1. The van der Waals surface area contributed by atoms with Crippen molar-refractivity contribution >= 4 is 5.97 Å². The van der Waals surface area contributed by atoms with Crippen molar-refractivity contribution in [3.63, 3.8) is 0 Å². The van der Waals surface area contributed by atoms with Crippen molar-refractivity contribution in [1.82, 2.24) is 5.32 Å². The van der Waals surface area contributed by atoms with E-state index in [0.717, 1.165) is 5.75 Å². The highest BCUT2D eigenvalue weighted by atomic mass is 16.5. The summed E-state index contributed by atoms with van der Waals surface area (Å²) in [5.74, 6) is 0.627. The lowest BCUT2D eigenvalue weighted by atomic mass is 9.95. The van der Waals surface area contributed by atoms with Gasteiger partial charge in [-0.3, -0.25) is 4.79 Å². The summed E-state index contributed by atoms with van der Waals surface area (Å²) in [4.78, 5) is 11.4. The summed E-state index contributed by atoms with van der Waals surface area (Å²) in [5, 5.41) is 12.3. The number of nitrogens with one attached hydrogen (secondary N) is 1. The Kier molecular flexibility index (Phi) is 6.49. The van der Waals surface area contributed by atoms with Gasteiger partial charge in [-0.2, -0.15) is 0 Å². The van der Waals surface area contributed by atoms with Gasteiger partial charge in [-0.15, -0.1) is 0 Å². The van der Waals surface area contributed by atoms with E-state index < -0.39 is 11.5 Å². The summed E-state index contributed by atoms with van der Waals surface area (Å²) in [5.41, 5.74) is -0.987. The standard InChI is InChI=1S/C16H25NO4/c1-5-17-16(4,15(18)19)11-12(3)21-14-9-7-13(8-10-14)20-6-2/h7-10,12,17H,5-6,11H2,1-4H3,(H,18,19). The number of likely N-dealkylation sites (N-methyl/N-ethyl adjacent to an activating group) is 1. The molecule has 0 amide bonds. The van der Waals surface area contributed by atoms with Gasteiger partial charge in [0.25, 0.3) is 0 Å². The first-order valence-electron chi connectivity index (χ1n) is 7.29. The Balaban J connectivity index is 2.63. The number of aliphatic carboxylic acids is 1. The van der Waals surface area contributed by atoms with Gasteiger partial charge in [-0.05, 0) is 51.6 Å². The van der Waals surface area contributed by atoms with Crippen LogP contribution in [0.15, 0.2) is 24.3 Å². The Morgan fingerprint density at radius 1 is 1.29 bits per heavy atom. The van der Waals surface area contributed by atoms with Crippen molar-refractivity contribution in [3.8, 4) is 11.5 Å². The van der Waals surface area contributed by atoms with Crippen molar-refractivity contribution in [3.05, 3.63) is 24.3 Å². The minimum Gasteiger partial charge on any atom is -0.494 e. The average molecular weight is 295 g/mol. The van der Waals surface area contributed by atoms with Gasteiger partial charge in [0.2, 0.25) is 0 Å². The molecule has 0 saturated carbocycles. The SMILES string of the molecule is CCNC(C)(CC(C)Oc1ccc(OCC)cc1)C(=O)O. The second-order valence-corrected chi connectivity index (χ2v) is 5.20. The maximum absolute atomic E-state index is 11.4. The van der Waals surface area contributed by atoms with Gasteiger partial charge in [0, 0.05) is 6.42 Å². The van der Waals surface area contributed by atoms with Gasteiger partial charge >= 0.3 is 5.97 Å². The fraction of sp³-hybridized carbons (Fsp3) is 0.562. The van der Waals surface area contributed by atoms with E-state index >= 15 is 0 Å². The van der Waals surface area contributed by atoms with Crippen molar-refractivity contribution in [1.29, 1.82) is 0 Å². The maximum atomic E-state index is 11.4. The first-order chi connectivity index (χ1) is 9.91. The number of hydrogen-bond donors (Lipinski definition) is 2. The van der Waals surface area contributed by atoms with Crippen LogP contribution in [0.5, 0.6) is 11.5 Å². The molecule has 2 atom stereocenters. The predicted molar refractivity (Wildman–Crippen MR) is 82.0 cm³/mol. The van der Waals surface area contributed by atoms with Crippen molar-refractivity contribution in [2.75, 3.05) is 13.2 Å². The molecule has 1 aromatic rings.